The van der Waals surface area contributed by atoms with Crippen LogP contribution in [0.3, 0.4) is 0 Å². The second-order valence-electron chi connectivity index (χ2n) is 5.34. The van der Waals surface area contributed by atoms with Gasteiger partial charge in [0, 0.05) is 12.2 Å². The molecular formula is C18H26O9. The molecule has 0 radical (unpaired) electrons. The molecule has 0 aliphatic carbocycles. The molecular weight excluding hydrogens is 360 g/mol. The Morgan fingerprint density at radius 2 is 1.41 bits per heavy atom. The monoisotopic (exact) mass is 386 g/mol. The van der Waals surface area contributed by atoms with Gasteiger partial charge < -0.3 is 29.5 Å². The van der Waals surface area contributed by atoms with Crippen LogP contribution in [0.15, 0.2) is 36.5 Å². The van der Waals surface area contributed by atoms with Crippen LogP contribution in [0, 0.1) is 0 Å². The summed E-state index contributed by atoms with van der Waals surface area (Å²) in [6.07, 6.45) is 3.19. The predicted molar refractivity (Wildman–Crippen MR) is 93.8 cm³/mol. The summed E-state index contributed by atoms with van der Waals surface area (Å²) in [5, 5.41) is 27.7. The van der Waals surface area contributed by atoms with Crippen molar-refractivity contribution in [2.75, 3.05) is 19.8 Å². The minimum absolute atomic E-state index is 0.183. The topological polar surface area (TPSA) is 140 Å². The molecule has 0 aliphatic heterocycles. The first kappa shape index (κ1) is 24.5. The Kier molecular flexibility index (Phi) is 11.6. The van der Waals surface area contributed by atoms with E-state index in [1.807, 2.05) is 6.92 Å². The van der Waals surface area contributed by atoms with Crippen molar-refractivity contribution in [1.82, 2.24) is 0 Å². The molecule has 0 fully saturated rings. The van der Waals surface area contributed by atoms with Gasteiger partial charge >= 0.3 is 23.9 Å². The summed E-state index contributed by atoms with van der Waals surface area (Å²) in [7, 11) is 0. The molecule has 9 heteroatoms. The van der Waals surface area contributed by atoms with Crippen molar-refractivity contribution in [2.24, 2.45) is 0 Å². The Morgan fingerprint density at radius 1 is 0.889 bits per heavy atom. The maximum Gasteiger partial charge on any atom is 0.424 e. The maximum atomic E-state index is 12.4. The van der Waals surface area contributed by atoms with Crippen LogP contribution in [0.1, 0.15) is 32.6 Å². The minimum atomic E-state index is -2.42. The van der Waals surface area contributed by atoms with E-state index in [1.54, 1.807) is 0 Å². The van der Waals surface area contributed by atoms with E-state index in [0.29, 0.717) is 12.8 Å². The molecule has 0 heterocycles. The van der Waals surface area contributed by atoms with E-state index < -0.39 is 49.3 Å². The van der Waals surface area contributed by atoms with Gasteiger partial charge in [0.05, 0.1) is 31.8 Å². The number of hydrogen-bond acceptors (Lipinski definition) is 9. The highest BCUT2D eigenvalue weighted by Gasteiger charge is 2.43. The highest BCUT2D eigenvalue weighted by molar-refractivity contribution is 5.90. The molecule has 0 bridgehead atoms. The first-order chi connectivity index (χ1) is 12.8. The summed E-state index contributed by atoms with van der Waals surface area (Å²) in [4.78, 5) is 35.8. The van der Waals surface area contributed by atoms with Gasteiger partial charge in [0.25, 0.3) is 0 Å². The number of hydrogen-bond donors (Lipinski definition) is 3. The maximum absolute atomic E-state index is 12.4. The van der Waals surface area contributed by atoms with Crippen molar-refractivity contribution in [1.29, 1.82) is 0 Å². The number of aliphatic hydroxyl groups is 3. The molecule has 0 amide bonds. The number of ether oxygens (including phenoxy) is 3. The molecule has 0 aliphatic rings. The Balaban J connectivity index is 5.93. The first-order valence-corrected chi connectivity index (χ1v) is 8.30. The summed E-state index contributed by atoms with van der Waals surface area (Å²) in [5.41, 5.74) is -0.653. The number of carbonyl (C=O) groups excluding carboxylic acids is 3. The van der Waals surface area contributed by atoms with E-state index in [1.165, 1.54) is 0 Å². The molecule has 0 rings (SSSR count). The van der Waals surface area contributed by atoms with Crippen LogP contribution < -0.4 is 0 Å². The molecule has 9 nitrogen and oxygen atoms in total. The summed E-state index contributed by atoms with van der Waals surface area (Å²) in [6.45, 7) is 6.06. The fraction of sp³-hybridized carbons (Fsp3) is 0.500. The lowest BCUT2D eigenvalue weighted by Crippen LogP contribution is -2.44. The normalized spacial score (nSPS) is 10.5. The van der Waals surface area contributed by atoms with Crippen molar-refractivity contribution in [2.45, 2.75) is 38.6 Å². The van der Waals surface area contributed by atoms with Gasteiger partial charge in [-0.1, -0.05) is 32.9 Å². The number of carbonyl (C=O) groups is 3. The third-order valence-corrected chi connectivity index (χ3v) is 3.39. The first-order valence-electron chi connectivity index (χ1n) is 8.30. The van der Waals surface area contributed by atoms with Gasteiger partial charge in [0.1, 0.15) is 0 Å². The average molecular weight is 386 g/mol. The fourth-order valence-corrected chi connectivity index (χ4v) is 1.96. The van der Waals surface area contributed by atoms with Gasteiger partial charge in [-0.15, -0.1) is 0 Å². The SMILES string of the molecule is C=CC(=O)OC(CCCCC)(OC(=O)C=C)OC(=O)C(CO)=C(CO)CO. The van der Waals surface area contributed by atoms with E-state index in [4.69, 9.17) is 14.2 Å². The predicted octanol–water partition coefficient (Wildman–Crippen LogP) is 0.496. The van der Waals surface area contributed by atoms with Gasteiger partial charge in [-0.25, -0.2) is 14.4 Å². The van der Waals surface area contributed by atoms with Crippen LogP contribution in [-0.2, 0) is 28.6 Å². The molecule has 0 aromatic carbocycles. The molecule has 0 aromatic heterocycles. The minimum Gasteiger partial charge on any atom is -0.392 e. The molecule has 3 N–H and O–H groups in total. The number of unbranched alkanes of at least 4 members (excludes halogenated alkanes) is 2. The highest BCUT2D eigenvalue weighted by Crippen LogP contribution is 2.26. The van der Waals surface area contributed by atoms with E-state index in [-0.39, 0.29) is 12.0 Å². The molecule has 0 aromatic rings. The molecule has 0 unspecified atom stereocenters. The summed E-state index contributed by atoms with van der Waals surface area (Å²) < 4.78 is 15.1. The Bertz CT molecular complexity index is 549. The van der Waals surface area contributed by atoms with Crippen molar-refractivity contribution in [3.05, 3.63) is 36.5 Å². The van der Waals surface area contributed by atoms with Gasteiger partial charge in [-0.05, 0) is 12.0 Å². The zero-order valence-corrected chi connectivity index (χ0v) is 15.3. The fourth-order valence-electron chi connectivity index (χ4n) is 1.96. The Labute approximate surface area is 157 Å². The van der Waals surface area contributed by atoms with Gasteiger partial charge in [0.2, 0.25) is 0 Å². The summed E-state index contributed by atoms with van der Waals surface area (Å²) >= 11 is 0. The summed E-state index contributed by atoms with van der Waals surface area (Å²) in [6, 6.07) is 0. The Morgan fingerprint density at radius 3 is 1.78 bits per heavy atom. The largest absolute Gasteiger partial charge is 0.424 e. The van der Waals surface area contributed by atoms with Crippen LogP contribution in [0.4, 0.5) is 0 Å². The summed E-state index contributed by atoms with van der Waals surface area (Å²) in [5.74, 6) is -5.69. The third kappa shape index (κ3) is 8.16. The average Bonchev–Trinajstić information content (AvgIpc) is 2.65. The zero-order valence-electron chi connectivity index (χ0n) is 15.3. The van der Waals surface area contributed by atoms with Crippen LogP contribution in [0.25, 0.3) is 0 Å². The lowest BCUT2D eigenvalue weighted by atomic mass is 10.1. The van der Waals surface area contributed by atoms with Crippen molar-refractivity contribution in [3.63, 3.8) is 0 Å². The van der Waals surface area contributed by atoms with Crippen molar-refractivity contribution >= 4 is 17.9 Å². The van der Waals surface area contributed by atoms with E-state index in [0.717, 1.165) is 18.6 Å². The number of esters is 3. The standard InChI is InChI=1S/C18H26O9/c1-4-7-8-9-18(25-15(22)5-2,26-16(23)6-3)27-17(24)14(12-21)13(10-19)11-20/h5-6,19-21H,2-4,7-12H2,1H3. The van der Waals surface area contributed by atoms with Crippen molar-refractivity contribution < 1.29 is 43.9 Å². The number of aliphatic hydroxyl groups excluding tert-OH is 3. The number of rotatable bonds is 13. The second-order valence-corrected chi connectivity index (χ2v) is 5.34. The van der Waals surface area contributed by atoms with E-state index >= 15 is 0 Å². The molecule has 0 spiro atoms. The van der Waals surface area contributed by atoms with Crippen LogP contribution in [-0.4, -0.2) is 59.0 Å². The van der Waals surface area contributed by atoms with E-state index in [9.17, 15) is 29.7 Å². The molecule has 152 valence electrons. The van der Waals surface area contributed by atoms with Crippen molar-refractivity contribution in [3.8, 4) is 0 Å². The Hall–Kier alpha value is -2.49. The van der Waals surface area contributed by atoms with Gasteiger partial charge in [-0.2, -0.15) is 0 Å². The third-order valence-electron chi connectivity index (χ3n) is 3.39. The van der Waals surface area contributed by atoms with E-state index in [2.05, 4.69) is 13.2 Å². The smallest absolute Gasteiger partial charge is 0.392 e. The molecule has 0 saturated carbocycles. The highest BCUT2D eigenvalue weighted by atomic mass is 16.9. The van der Waals surface area contributed by atoms with Crippen LogP contribution >= 0.6 is 0 Å². The lowest BCUT2D eigenvalue weighted by molar-refractivity contribution is -0.328. The molecule has 27 heavy (non-hydrogen) atoms. The second kappa shape index (κ2) is 12.8. The zero-order chi connectivity index (χ0) is 20.9. The molecule has 0 atom stereocenters. The quantitative estimate of drug-likeness (QED) is 0.179. The van der Waals surface area contributed by atoms with Gasteiger partial charge in [-0.3, -0.25) is 0 Å². The lowest BCUT2D eigenvalue weighted by Gasteiger charge is -2.31. The molecule has 0 saturated heterocycles. The van der Waals surface area contributed by atoms with Gasteiger partial charge in [0.15, 0.2) is 0 Å². The van der Waals surface area contributed by atoms with Crippen LogP contribution in [0.2, 0.25) is 0 Å². The van der Waals surface area contributed by atoms with Crippen LogP contribution in [0.5, 0.6) is 0 Å².